The number of nitrogens with zero attached hydrogens (tertiary/aromatic N) is 1. The molecule has 0 radical (unpaired) electrons. The van der Waals surface area contributed by atoms with Gasteiger partial charge in [-0.15, -0.1) is 0 Å². The van der Waals surface area contributed by atoms with Crippen LogP contribution in [0.1, 0.15) is 54.3 Å². The predicted molar refractivity (Wildman–Crippen MR) is 70.3 cm³/mol. The van der Waals surface area contributed by atoms with Crippen LogP contribution >= 0.6 is 0 Å². The van der Waals surface area contributed by atoms with Crippen molar-refractivity contribution in [1.29, 1.82) is 0 Å². The van der Waals surface area contributed by atoms with Crippen LogP contribution in [-0.4, -0.2) is 22.3 Å². The third kappa shape index (κ3) is 1.78. The van der Waals surface area contributed by atoms with E-state index in [-0.39, 0.29) is 11.8 Å². The SMILES string of the molecule is CCCC(C)(C)N1C(=O)c2ccc(N)cc2C1=O. The second-order valence-electron chi connectivity index (χ2n) is 5.31. The Morgan fingerprint density at radius 1 is 1.17 bits per heavy atom. The molecule has 1 aromatic carbocycles. The van der Waals surface area contributed by atoms with E-state index in [0.717, 1.165) is 12.8 Å². The van der Waals surface area contributed by atoms with E-state index in [0.29, 0.717) is 16.8 Å². The summed E-state index contributed by atoms with van der Waals surface area (Å²) < 4.78 is 0. The number of hydrogen-bond acceptors (Lipinski definition) is 3. The number of amides is 2. The zero-order valence-corrected chi connectivity index (χ0v) is 11.0. The van der Waals surface area contributed by atoms with Crippen LogP contribution in [0.15, 0.2) is 18.2 Å². The molecule has 96 valence electrons. The molecule has 2 rings (SSSR count). The van der Waals surface area contributed by atoms with E-state index in [1.54, 1.807) is 18.2 Å². The number of anilines is 1. The lowest BCUT2D eigenvalue weighted by Crippen LogP contribution is -2.47. The van der Waals surface area contributed by atoms with Gasteiger partial charge in [-0.3, -0.25) is 14.5 Å². The number of fused-ring (bicyclic) bond motifs is 1. The molecule has 0 aromatic heterocycles. The maximum Gasteiger partial charge on any atom is 0.262 e. The second kappa shape index (κ2) is 4.12. The highest BCUT2D eigenvalue weighted by molar-refractivity contribution is 6.22. The summed E-state index contributed by atoms with van der Waals surface area (Å²) in [5.74, 6) is -0.450. The minimum absolute atomic E-state index is 0.214. The number of carbonyl (C=O) groups is 2. The Morgan fingerprint density at radius 3 is 2.39 bits per heavy atom. The van der Waals surface area contributed by atoms with Crippen LogP contribution in [0.4, 0.5) is 5.69 Å². The molecular weight excluding hydrogens is 228 g/mol. The molecule has 2 N–H and O–H groups in total. The zero-order valence-electron chi connectivity index (χ0n) is 11.0. The number of carbonyl (C=O) groups excluding carboxylic acids is 2. The molecule has 18 heavy (non-hydrogen) atoms. The Hall–Kier alpha value is -1.84. The fourth-order valence-corrected chi connectivity index (χ4v) is 2.53. The van der Waals surface area contributed by atoms with Gasteiger partial charge in [-0.1, -0.05) is 13.3 Å². The lowest BCUT2D eigenvalue weighted by Gasteiger charge is -2.33. The van der Waals surface area contributed by atoms with Crippen LogP contribution in [0.3, 0.4) is 0 Å². The van der Waals surface area contributed by atoms with Crippen molar-refractivity contribution in [2.24, 2.45) is 0 Å². The minimum Gasteiger partial charge on any atom is -0.399 e. The molecule has 0 spiro atoms. The van der Waals surface area contributed by atoms with Crippen molar-refractivity contribution in [2.45, 2.75) is 39.2 Å². The Bertz CT molecular complexity index is 521. The molecule has 0 fully saturated rings. The molecule has 0 bridgehead atoms. The lowest BCUT2D eigenvalue weighted by molar-refractivity contribution is 0.0466. The molecule has 2 amide bonds. The minimum atomic E-state index is -0.462. The molecule has 1 aliphatic heterocycles. The molecule has 1 aromatic rings. The van der Waals surface area contributed by atoms with Crippen LogP contribution in [-0.2, 0) is 0 Å². The fraction of sp³-hybridized carbons (Fsp3) is 0.429. The van der Waals surface area contributed by atoms with Gasteiger partial charge in [-0.2, -0.15) is 0 Å². The number of nitrogen functional groups attached to an aromatic ring is 1. The quantitative estimate of drug-likeness (QED) is 0.658. The summed E-state index contributed by atoms with van der Waals surface area (Å²) in [5, 5.41) is 0. The van der Waals surface area contributed by atoms with Crippen LogP contribution in [0.2, 0.25) is 0 Å². The molecule has 0 atom stereocenters. The topological polar surface area (TPSA) is 63.4 Å². The molecule has 4 heteroatoms. The van der Waals surface area contributed by atoms with Gasteiger partial charge in [0.05, 0.1) is 11.1 Å². The van der Waals surface area contributed by atoms with E-state index in [4.69, 9.17) is 5.73 Å². The number of hydrogen-bond donors (Lipinski definition) is 1. The first-order valence-corrected chi connectivity index (χ1v) is 6.17. The molecule has 0 saturated heterocycles. The summed E-state index contributed by atoms with van der Waals surface area (Å²) in [6, 6.07) is 4.87. The summed E-state index contributed by atoms with van der Waals surface area (Å²) in [4.78, 5) is 26.0. The third-order valence-corrected chi connectivity index (χ3v) is 3.38. The average molecular weight is 246 g/mol. The standard InChI is InChI=1S/C14H18N2O2/c1-4-7-14(2,3)16-12(17)10-6-5-9(15)8-11(10)13(16)18/h5-6,8H,4,7,15H2,1-3H3. The molecule has 4 nitrogen and oxygen atoms in total. The van der Waals surface area contributed by atoms with Crippen LogP contribution < -0.4 is 5.73 Å². The van der Waals surface area contributed by atoms with Crippen molar-refractivity contribution in [3.8, 4) is 0 Å². The molecular formula is C14H18N2O2. The van der Waals surface area contributed by atoms with Crippen molar-refractivity contribution in [1.82, 2.24) is 4.90 Å². The predicted octanol–water partition coefficient (Wildman–Crippen LogP) is 2.44. The molecule has 0 saturated carbocycles. The smallest absolute Gasteiger partial charge is 0.262 e. The Balaban J connectivity index is 2.46. The molecule has 0 unspecified atom stereocenters. The van der Waals surface area contributed by atoms with Gasteiger partial charge in [0, 0.05) is 11.2 Å². The summed E-state index contributed by atoms with van der Waals surface area (Å²) >= 11 is 0. The van der Waals surface area contributed by atoms with Crippen molar-refractivity contribution < 1.29 is 9.59 Å². The highest BCUT2D eigenvalue weighted by Gasteiger charge is 2.43. The summed E-state index contributed by atoms with van der Waals surface area (Å²) in [5.41, 5.74) is 6.59. The average Bonchev–Trinajstić information content (AvgIpc) is 2.51. The first-order chi connectivity index (χ1) is 8.38. The normalized spacial score (nSPS) is 15.2. The monoisotopic (exact) mass is 246 g/mol. The lowest BCUT2D eigenvalue weighted by atomic mass is 9.96. The maximum absolute atomic E-state index is 12.3. The van der Waals surface area contributed by atoms with E-state index in [9.17, 15) is 9.59 Å². The van der Waals surface area contributed by atoms with E-state index in [1.165, 1.54) is 4.90 Å². The summed E-state index contributed by atoms with van der Waals surface area (Å²) in [6.45, 7) is 5.88. The van der Waals surface area contributed by atoms with Crippen molar-refractivity contribution in [3.63, 3.8) is 0 Å². The van der Waals surface area contributed by atoms with E-state index in [1.807, 2.05) is 20.8 Å². The van der Waals surface area contributed by atoms with Crippen molar-refractivity contribution >= 4 is 17.5 Å². The Morgan fingerprint density at radius 2 is 1.78 bits per heavy atom. The number of rotatable bonds is 3. The van der Waals surface area contributed by atoms with E-state index < -0.39 is 5.54 Å². The summed E-state index contributed by atoms with van der Waals surface area (Å²) in [6.07, 6.45) is 1.70. The van der Waals surface area contributed by atoms with Gasteiger partial charge in [-0.05, 0) is 38.5 Å². The molecule has 1 aliphatic rings. The van der Waals surface area contributed by atoms with E-state index in [2.05, 4.69) is 0 Å². The number of benzene rings is 1. The summed E-state index contributed by atoms with van der Waals surface area (Å²) in [7, 11) is 0. The maximum atomic E-state index is 12.3. The largest absolute Gasteiger partial charge is 0.399 e. The van der Waals surface area contributed by atoms with Gasteiger partial charge in [0.25, 0.3) is 11.8 Å². The highest BCUT2D eigenvalue weighted by atomic mass is 16.2. The van der Waals surface area contributed by atoms with Gasteiger partial charge >= 0.3 is 0 Å². The number of nitrogens with two attached hydrogens (primary N) is 1. The Kier molecular flexibility index (Phi) is 2.89. The number of imide groups is 1. The fourth-order valence-electron chi connectivity index (χ4n) is 2.53. The van der Waals surface area contributed by atoms with Crippen LogP contribution in [0, 0.1) is 0 Å². The van der Waals surface area contributed by atoms with Gasteiger partial charge in [0.2, 0.25) is 0 Å². The first-order valence-electron chi connectivity index (χ1n) is 6.17. The van der Waals surface area contributed by atoms with Gasteiger partial charge in [0.1, 0.15) is 0 Å². The molecule has 1 heterocycles. The second-order valence-corrected chi connectivity index (χ2v) is 5.31. The van der Waals surface area contributed by atoms with Crippen molar-refractivity contribution in [2.75, 3.05) is 5.73 Å². The van der Waals surface area contributed by atoms with Gasteiger partial charge in [-0.25, -0.2) is 0 Å². The van der Waals surface area contributed by atoms with Gasteiger partial charge < -0.3 is 5.73 Å². The third-order valence-electron chi connectivity index (χ3n) is 3.38. The van der Waals surface area contributed by atoms with Crippen LogP contribution in [0.5, 0.6) is 0 Å². The highest BCUT2D eigenvalue weighted by Crippen LogP contribution is 2.32. The molecule has 0 aliphatic carbocycles. The van der Waals surface area contributed by atoms with Crippen molar-refractivity contribution in [3.05, 3.63) is 29.3 Å². The zero-order chi connectivity index (χ0) is 13.5. The van der Waals surface area contributed by atoms with Crippen LogP contribution in [0.25, 0.3) is 0 Å². The van der Waals surface area contributed by atoms with E-state index >= 15 is 0 Å². The van der Waals surface area contributed by atoms with Gasteiger partial charge in [0.15, 0.2) is 0 Å². The first kappa shape index (κ1) is 12.6. The Labute approximate surface area is 107 Å².